The fourth-order valence-electron chi connectivity index (χ4n) is 2.01. The Morgan fingerprint density at radius 1 is 1.26 bits per heavy atom. The Morgan fingerprint density at radius 3 is 2.89 bits per heavy atom. The van der Waals surface area contributed by atoms with Crippen LogP contribution in [-0.2, 0) is 4.74 Å². The molecule has 1 aromatic heterocycles. The van der Waals surface area contributed by atoms with Crippen LogP contribution in [0.15, 0.2) is 10.8 Å². The molecule has 1 aliphatic heterocycles. The second-order valence-corrected chi connectivity index (χ2v) is 5.87. The van der Waals surface area contributed by atoms with Crippen LogP contribution in [0.2, 0.25) is 0 Å². The molecule has 19 heavy (non-hydrogen) atoms. The Bertz CT molecular complexity index is 379. The number of thiophene rings is 1. The first-order valence-corrected chi connectivity index (χ1v) is 7.74. The van der Waals surface area contributed by atoms with Crippen LogP contribution in [0.5, 0.6) is 11.5 Å². The van der Waals surface area contributed by atoms with Crippen molar-refractivity contribution in [2.75, 3.05) is 26.4 Å². The summed E-state index contributed by atoms with van der Waals surface area (Å²) in [5, 5.41) is 12.6. The second-order valence-electron chi connectivity index (χ2n) is 5.13. The van der Waals surface area contributed by atoms with Crippen LogP contribution in [0.4, 0.5) is 0 Å². The molecule has 1 unspecified atom stereocenters. The topological polar surface area (TPSA) is 47.9 Å². The minimum atomic E-state index is -0.390. The molecule has 1 N–H and O–H groups in total. The molecule has 0 bridgehead atoms. The molecular formula is C14H22O4S. The summed E-state index contributed by atoms with van der Waals surface area (Å²) in [6.07, 6.45) is 4.08. The number of aliphatic hydroxyl groups excluding tert-OH is 1. The predicted octanol–water partition coefficient (Wildman–Crippen LogP) is 2.85. The summed E-state index contributed by atoms with van der Waals surface area (Å²) in [5.41, 5.74) is -0.390. The predicted molar refractivity (Wildman–Crippen MR) is 75.2 cm³/mol. The van der Waals surface area contributed by atoms with Crippen LogP contribution in [0, 0.1) is 0 Å². The first-order valence-electron chi connectivity index (χ1n) is 6.80. The van der Waals surface area contributed by atoms with Gasteiger partial charge in [0, 0.05) is 24.0 Å². The molecule has 4 nitrogen and oxygen atoms in total. The largest absolute Gasteiger partial charge is 0.485 e. The second kappa shape index (κ2) is 7.12. The molecule has 1 aromatic rings. The summed E-state index contributed by atoms with van der Waals surface area (Å²) in [5.74, 6) is 1.66. The minimum Gasteiger partial charge on any atom is -0.485 e. The minimum absolute atomic E-state index is 0.285. The Hall–Kier alpha value is -0.780. The van der Waals surface area contributed by atoms with Crippen molar-refractivity contribution in [3.63, 3.8) is 0 Å². The lowest BCUT2D eigenvalue weighted by Gasteiger charge is -2.33. The van der Waals surface area contributed by atoms with Crippen LogP contribution in [0.25, 0.3) is 0 Å². The average Bonchev–Trinajstić information content (AvgIpc) is 2.84. The van der Waals surface area contributed by atoms with Crippen molar-refractivity contribution in [1.82, 2.24) is 0 Å². The zero-order chi connectivity index (χ0) is 13.6. The van der Waals surface area contributed by atoms with E-state index >= 15 is 0 Å². The molecule has 5 heteroatoms. The molecule has 0 saturated carbocycles. The lowest BCUT2D eigenvalue weighted by atomic mass is 10.1. The third-order valence-electron chi connectivity index (χ3n) is 3.09. The monoisotopic (exact) mass is 286 g/mol. The van der Waals surface area contributed by atoms with Crippen LogP contribution in [-0.4, -0.2) is 37.1 Å². The van der Waals surface area contributed by atoms with Crippen molar-refractivity contribution >= 4 is 11.3 Å². The molecule has 0 amide bonds. The zero-order valence-electron chi connectivity index (χ0n) is 11.4. The third kappa shape index (κ3) is 4.37. The van der Waals surface area contributed by atoms with Crippen molar-refractivity contribution in [1.29, 1.82) is 0 Å². The fourth-order valence-corrected chi connectivity index (χ4v) is 2.67. The van der Waals surface area contributed by atoms with Crippen molar-refractivity contribution in [2.24, 2.45) is 0 Å². The fraction of sp³-hybridized carbons (Fsp3) is 0.714. The van der Waals surface area contributed by atoms with E-state index in [-0.39, 0.29) is 12.2 Å². The quantitative estimate of drug-likeness (QED) is 0.747. The highest BCUT2D eigenvalue weighted by molar-refractivity contribution is 7.08. The van der Waals surface area contributed by atoms with Gasteiger partial charge in [0.05, 0.1) is 6.61 Å². The normalized spacial score (nSPS) is 21.6. The highest BCUT2D eigenvalue weighted by Crippen LogP contribution is 2.38. The van der Waals surface area contributed by atoms with Gasteiger partial charge in [-0.3, -0.25) is 0 Å². The number of fused-ring (bicyclic) bond motifs is 1. The van der Waals surface area contributed by atoms with Crippen LogP contribution in [0.1, 0.15) is 32.6 Å². The summed E-state index contributed by atoms with van der Waals surface area (Å²) in [6.45, 7) is 4.11. The average molecular weight is 286 g/mol. The van der Waals surface area contributed by atoms with Crippen LogP contribution < -0.4 is 9.47 Å². The van der Waals surface area contributed by atoms with E-state index in [1.807, 2.05) is 17.7 Å². The molecule has 0 radical (unpaired) electrons. The molecule has 0 aromatic carbocycles. The number of unbranched alkanes of at least 4 members (excludes halogenated alkanes) is 3. The molecular weight excluding hydrogens is 264 g/mol. The van der Waals surface area contributed by atoms with Crippen molar-refractivity contribution in [3.05, 3.63) is 10.8 Å². The highest BCUT2D eigenvalue weighted by atomic mass is 32.1. The van der Waals surface area contributed by atoms with Crippen LogP contribution >= 0.6 is 11.3 Å². The summed E-state index contributed by atoms with van der Waals surface area (Å²) >= 11 is 1.58. The summed E-state index contributed by atoms with van der Waals surface area (Å²) in [6, 6.07) is 0. The SMILES string of the molecule is CC1(COCCCCCCO)COc2cscc2O1. The van der Waals surface area contributed by atoms with Gasteiger partial charge in [0.2, 0.25) is 0 Å². The highest BCUT2D eigenvalue weighted by Gasteiger charge is 2.33. The van der Waals surface area contributed by atoms with E-state index in [0.717, 1.165) is 43.8 Å². The number of aliphatic hydroxyl groups is 1. The number of ether oxygens (including phenoxy) is 3. The van der Waals surface area contributed by atoms with Crippen molar-refractivity contribution in [2.45, 2.75) is 38.2 Å². The van der Waals surface area contributed by atoms with Gasteiger partial charge in [-0.15, -0.1) is 11.3 Å². The van der Waals surface area contributed by atoms with Crippen molar-refractivity contribution < 1.29 is 19.3 Å². The Balaban J connectivity index is 1.63. The Morgan fingerprint density at radius 2 is 2.05 bits per heavy atom. The molecule has 0 aliphatic carbocycles. The van der Waals surface area contributed by atoms with E-state index in [4.69, 9.17) is 19.3 Å². The summed E-state index contributed by atoms with van der Waals surface area (Å²) in [7, 11) is 0. The molecule has 0 fully saturated rings. The molecule has 0 spiro atoms. The van der Waals surface area contributed by atoms with Gasteiger partial charge in [-0.05, 0) is 19.8 Å². The standard InChI is InChI=1S/C14H22O4S/c1-14(10-16-7-5-3-2-4-6-15)11-17-12-8-19-9-13(12)18-14/h8-9,15H,2-7,10-11H2,1H3. The molecule has 1 aliphatic rings. The first kappa shape index (κ1) is 14.6. The Labute approximate surface area is 118 Å². The lowest BCUT2D eigenvalue weighted by Crippen LogP contribution is -2.45. The van der Waals surface area contributed by atoms with Gasteiger partial charge in [0.25, 0.3) is 0 Å². The van der Waals surface area contributed by atoms with E-state index in [2.05, 4.69) is 0 Å². The van der Waals surface area contributed by atoms with E-state index < -0.39 is 0 Å². The van der Waals surface area contributed by atoms with Crippen molar-refractivity contribution in [3.8, 4) is 11.5 Å². The molecule has 2 rings (SSSR count). The van der Waals surface area contributed by atoms with E-state index in [1.165, 1.54) is 0 Å². The van der Waals surface area contributed by atoms with Gasteiger partial charge in [-0.2, -0.15) is 0 Å². The number of hydrogen-bond donors (Lipinski definition) is 1. The van der Waals surface area contributed by atoms with Gasteiger partial charge in [0.1, 0.15) is 6.61 Å². The molecule has 2 heterocycles. The molecule has 0 saturated heterocycles. The summed E-state index contributed by atoms with van der Waals surface area (Å²) < 4.78 is 17.3. The van der Waals surface area contributed by atoms with E-state index in [9.17, 15) is 0 Å². The zero-order valence-corrected chi connectivity index (χ0v) is 12.2. The van der Waals surface area contributed by atoms with E-state index in [0.29, 0.717) is 13.2 Å². The molecule has 1 atom stereocenters. The van der Waals surface area contributed by atoms with Gasteiger partial charge >= 0.3 is 0 Å². The first-order chi connectivity index (χ1) is 9.23. The van der Waals surface area contributed by atoms with Gasteiger partial charge in [-0.1, -0.05) is 12.8 Å². The van der Waals surface area contributed by atoms with Gasteiger partial charge < -0.3 is 19.3 Å². The van der Waals surface area contributed by atoms with E-state index in [1.54, 1.807) is 11.3 Å². The third-order valence-corrected chi connectivity index (χ3v) is 3.79. The smallest absolute Gasteiger partial charge is 0.173 e. The maximum absolute atomic E-state index is 8.67. The number of hydrogen-bond acceptors (Lipinski definition) is 5. The van der Waals surface area contributed by atoms with Crippen LogP contribution in [0.3, 0.4) is 0 Å². The summed E-state index contributed by atoms with van der Waals surface area (Å²) in [4.78, 5) is 0. The van der Waals surface area contributed by atoms with Gasteiger partial charge in [-0.25, -0.2) is 0 Å². The number of rotatable bonds is 8. The maximum Gasteiger partial charge on any atom is 0.173 e. The molecule has 108 valence electrons. The van der Waals surface area contributed by atoms with Gasteiger partial charge in [0.15, 0.2) is 17.1 Å². The Kier molecular flexibility index (Phi) is 5.48. The lowest BCUT2D eigenvalue weighted by molar-refractivity contribution is -0.0584. The maximum atomic E-state index is 8.67.